The molecule has 1 heterocycles. The van der Waals surface area contributed by atoms with Crippen molar-refractivity contribution in [1.82, 2.24) is 0 Å². The molecule has 2 nitrogen and oxygen atoms in total. The number of hydrogen-bond donors (Lipinski definition) is 0. The maximum atomic E-state index is 11.8. The first kappa shape index (κ1) is 14.2. The van der Waals surface area contributed by atoms with Gasteiger partial charge in [-0.25, -0.2) is 8.42 Å². The number of hydrogen-bond acceptors (Lipinski definition) is 3. The molecule has 0 radical (unpaired) electrons. The number of halogens is 1. The van der Waals surface area contributed by atoms with E-state index in [2.05, 4.69) is 22.0 Å². The SMILES string of the molecule is Cc1cc(C(Br)C(C)(C)S(C)(=O)=O)c(C)s1. The summed E-state index contributed by atoms with van der Waals surface area (Å²) in [6.45, 7) is 7.58. The largest absolute Gasteiger partial charge is 0.229 e. The van der Waals surface area contributed by atoms with E-state index in [9.17, 15) is 8.42 Å². The van der Waals surface area contributed by atoms with E-state index in [1.807, 2.05) is 13.8 Å². The molecule has 0 saturated heterocycles. The number of sulfone groups is 1. The van der Waals surface area contributed by atoms with Crippen molar-refractivity contribution in [2.75, 3.05) is 6.26 Å². The molecular formula is C11H17BrO2S2. The summed E-state index contributed by atoms with van der Waals surface area (Å²) >= 11 is 5.23. The molecule has 0 aromatic carbocycles. The summed E-state index contributed by atoms with van der Waals surface area (Å²) in [6.07, 6.45) is 1.29. The van der Waals surface area contributed by atoms with Crippen molar-refractivity contribution < 1.29 is 8.42 Å². The Morgan fingerprint density at radius 3 is 2.19 bits per heavy atom. The monoisotopic (exact) mass is 324 g/mol. The van der Waals surface area contributed by atoms with E-state index < -0.39 is 14.6 Å². The molecule has 1 aromatic rings. The van der Waals surface area contributed by atoms with Crippen molar-refractivity contribution in [1.29, 1.82) is 0 Å². The first-order valence-electron chi connectivity index (χ1n) is 4.98. The Balaban J connectivity index is 3.22. The van der Waals surface area contributed by atoms with Crippen LogP contribution in [0, 0.1) is 13.8 Å². The Morgan fingerprint density at radius 1 is 1.38 bits per heavy atom. The van der Waals surface area contributed by atoms with Crippen molar-refractivity contribution in [2.24, 2.45) is 0 Å². The molecule has 0 saturated carbocycles. The second-order valence-electron chi connectivity index (χ2n) is 4.61. The lowest BCUT2D eigenvalue weighted by molar-refractivity contribution is 0.548. The molecule has 0 amide bonds. The fraction of sp³-hybridized carbons (Fsp3) is 0.636. The van der Waals surface area contributed by atoms with Gasteiger partial charge in [0.05, 0.1) is 9.57 Å². The van der Waals surface area contributed by atoms with Gasteiger partial charge in [-0.05, 0) is 39.3 Å². The molecule has 0 aliphatic rings. The van der Waals surface area contributed by atoms with Gasteiger partial charge in [-0.1, -0.05) is 15.9 Å². The minimum Gasteiger partial charge on any atom is -0.229 e. The van der Waals surface area contributed by atoms with Gasteiger partial charge in [-0.15, -0.1) is 11.3 Å². The summed E-state index contributed by atoms with van der Waals surface area (Å²) in [6, 6.07) is 2.06. The lowest BCUT2D eigenvalue weighted by Gasteiger charge is -2.28. The average molecular weight is 325 g/mol. The highest BCUT2D eigenvalue weighted by molar-refractivity contribution is 9.09. The molecular weight excluding hydrogens is 308 g/mol. The normalized spacial score (nSPS) is 15.1. The van der Waals surface area contributed by atoms with Gasteiger partial charge in [0.25, 0.3) is 0 Å². The zero-order valence-electron chi connectivity index (χ0n) is 10.2. The van der Waals surface area contributed by atoms with E-state index in [1.165, 1.54) is 16.0 Å². The molecule has 0 spiro atoms. The van der Waals surface area contributed by atoms with E-state index in [4.69, 9.17) is 0 Å². The summed E-state index contributed by atoms with van der Waals surface area (Å²) in [5.41, 5.74) is 1.08. The molecule has 1 aromatic heterocycles. The zero-order valence-corrected chi connectivity index (χ0v) is 13.4. The van der Waals surface area contributed by atoms with Crippen LogP contribution in [0.5, 0.6) is 0 Å². The number of alkyl halides is 1. The highest BCUT2D eigenvalue weighted by Gasteiger charge is 2.39. The predicted molar refractivity (Wildman–Crippen MR) is 74.4 cm³/mol. The molecule has 16 heavy (non-hydrogen) atoms. The van der Waals surface area contributed by atoms with Crippen molar-refractivity contribution in [3.8, 4) is 0 Å². The molecule has 1 rings (SSSR count). The Morgan fingerprint density at radius 2 is 1.88 bits per heavy atom. The summed E-state index contributed by atoms with van der Waals surface area (Å²) in [5, 5.41) is 0. The van der Waals surface area contributed by atoms with Gasteiger partial charge in [0, 0.05) is 16.0 Å². The zero-order chi connectivity index (χ0) is 12.7. The minimum atomic E-state index is -3.10. The van der Waals surface area contributed by atoms with Gasteiger partial charge in [-0.3, -0.25) is 0 Å². The fourth-order valence-corrected chi connectivity index (χ4v) is 4.58. The summed E-state index contributed by atoms with van der Waals surface area (Å²) in [5.74, 6) is 0. The number of rotatable bonds is 3. The topological polar surface area (TPSA) is 34.1 Å². The first-order chi connectivity index (χ1) is 7.07. The average Bonchev–Trinajstić information content (AvgIpc) is 2.41. The molecule has 0 bridgehead atoms. The maximum absolute atomic E-state index is 11.8. The van der Waals surface area contributed by atoms with Crippen molar-refractivity contribution >= 4 is 37.1 Å². The van der Waals surface area contributed by atoms with Crippen LogP contribution in [0.1, 0.15) is 34.0 Å². The quantitative estimate of drug-likeness (QED) is 0.796. The molecule has 0 N–H and O–H groups in total. The fourth-order valence-electron chi connectivity index (χ4n) is 1.46. The maximum Gasteiger partial charge on any atom is 0.154 e. The van der Waals surface area contributed by atoms with Crippen LogP contribution in [0.2, 0.25) is 0 Å². The van der Waals surface area contributed by atoms with Crippen LogP contribution in [0.25, 0.3) is 0 Å². The highest BCUT2D eigenvalue weighted by atomic mass is 79.9. The molecule has 0 aliphatic heterocycles. The van der Waals surface area contributed by atoms with Gasteiger partial charge in [0.2, 0.25) is 0 Å². The second-order valence-corrected chi connectivity index (χ2v) is 9.58. The standard InChI is InChI=1S/C11H17BrO2S2/c1-7-6-9(8(2)15-7)10(12)11(3,4)16(5,13)14/h6,10H,1-5H3. The van der Waals surface area contributed by atoms with Crippen LogP contribution in [-0.2, 0) is 9.84 Å². The van der Waals surface area contributed by atoms with Crippen LogP contribution in [0.3, 0.4) is 0 Å². The van der Waals surface area contributed by atoms with Crippen LogP contribution in [-0.4, -0.2) is 19.4 Å². The number of thiophene rings is 1. The minimum absolute atomic E-state index is 0.167. The molecule has 0 aliphatic carbocycles. The van der Waals surface area contributed by atoms with E-state index >= 15 is 0 Å². The second kappa shape index (κ2) is 4.42. The summed E-state index contributed by atoms with van der Waals surface area (Å²) in [4.78, 5) is 2.22. The Hall–Kier alpha value is 0.130. The molecule has 1 unspecified atom stereocenters. The van der Waals surface area contributed by atoms with E-state index in [0.717, 1.165) is 5.56 Å². The molecule has 0 fully saturated rings. The summed E-state index contributed by atoms with van der Waals surface area (Å²) in [7, 11) is -3.10. The third-order valence-corrected chi connectivity index (χ3v) is 7.99. The number of aryl methyl sites for hydroxylation is 2. The molecule has 92 valence electrons. The molecule has 1 atom stereocenters. The Kier molecular flexibility index (Phi) is 3.92. The van der Waals surface area contributed by atoms with E-state index in [0.29, 0.717) is 0 Å². The lowest BCUT2D eigenvalue weighted by atomic mass is 10.0. The smallest absolute Gasteiger partial charge is 0.154 e. The third-order valence-electron chi connectivity index (χ3n) is 2.92. The van der Waals surface area contributed by atoms with Gasteiger partial charge in [-0.2, -0.15) is 0 Å². The van der Waals surface area contributed by atoms with Crippen LogP contribution < -0.4 is 0 Å². The van der Waals surface area contributed by atoms with E-state index in [1.54, 1.807) is 25.2 Å². The van der Waals surface area contributed by atoms with Crippen LogP contribution in [0.4, 0.5) is 0 Å². The highest BCUT2D eigenvalue weighted by Crippen LogP contribution is 2.42. The van der Waals surface area contributed by atoms with Crippen LogP contribution >= 0.6 is 27.3 Å². The predicted octanol–water partition coefficient (Wildman–Crippen LogP) is 3.62. The Labute approximate surface area is 110 Å². The van der Waals surface area contributed by atoms with Gasteiger partial charge < -0.3 is 0 Å². The lowest BCUT2D eigenvalue weighted by Crippen LogP contribution is -2.35. The third kappa shape index (κ3) is 2.51. The van der Waals surface area contributed by atoms with Crippen molar-refractivity contribution in [3.05, 3.63) is 21.4 Å². The van der Waals surface area contributed by atoms with Crippen molar-refractivity contribution in [3.63, 3.8) is 0 Å². The molecule has 5 heteroatoms. The van der Waals surface area contributed by atoms with Gasteiger partial charge in [0.15, 0.2) is 9.84 Å². The van der Waals surface area contributed by atoms with Crippen LogP contribution in [0.15, 0.2) is 6.07 Å². The van der Waals surface area contributed by atoms with Gasteiger partial charge >= 0.3 is 0 Å². The van der Waals surface area contributed by atoms with Crippen molar-refractivity contribution in [2.45, 2.75) is 37.3 Å². The Bertz CT molecular complexity index is 486. The summed E-state index contributed by atoms with van der Waals surface area (Å²) < 4.78 is 22.7. The first-order valence-corrected chi connectivity index (χ1v) is 8.60. The van der Waals surface area contributed by atoms with E-state index in [-0.39, 0.29) is 4.83 Å². The van der Waals surface area contributed by atoms with Gasteiger partial charge in [0.1, 0.15) is 0 Å².